The molecule has 1 rings (SSSR count). The van der Waals surface area contributed by atoms with Gasteiger partial charge in [-0.05, 0) is 57.2 Å². The van der Waals surface area contributed by atoms with E-state index in [9.17, 15) is 24.3 Å². The van der Waals surface area contributed by atoms with Gasteiger partial charge in [0, 0.05) is 24.7 Å². The molecule has 3 N–H and O–H groups in total. The summed E-state index contributed by atoms with van der Waals surface area (Å²) in [5.41, 5.74) is 5.73. The molecular formula is C28H43NO9. The summed E-state index contributed by atoms with van der Waals surface area (Å²) >= 11 is 0. The smallest absolute Gasteiger partial charge is 0.480 e. The number of benzene rings is 1. The molecule has 0 fully saturated rings. The Hall–Kier alpha value is -3.14. The Morgan fingerprint density at radius 1 is 0.868 bits per heavy atom. The van der Waals surface area contributed by atoms with Crippen LogP contribution in [-0.2, 0) is 23.9 Å². The molecule has 0 saturated carbocycles. The fraction of sp³-hybridized carbons (Fsp3) is 0.643. The number of ether oxygens (including phenoxy) is 4. The molecule has 0 aliphatic rings. The van der Waals surface area contributed by atoms with Crippen molar-refractivity contribution in [2.24, 2.45) is 23.5 Å². The Bertz CT molecular complexity index is 981. The van der Waals surface area contributed by atoms with Crippen molar-refractivity contribution in [1.29, 1.82) is 0 Å². The number of carboxylic acid groups (broad SMARTS) is 1. The Balaban J connectivity index is 3.43. The highest BCUT2D eigenvalue weighted by Gasteiger charge is 2.36. The third-order valence-electron chi connectivity index (χ3n) is 5.60. The fourth-order valence-corrected chi connectivity index (χ4v) is 3.71. The maximum atomic E-state index is 12.5. The van der Waals surface area contributed by atoms with Crippen LogP contribution in [0.1, 0.15) is 86.6 Å². The lowest BCUT2D eigenvalue weighted by atomic mass is 9.79. The monoisotopic (exact) mass is 537 g/mol. The molecule has 4 atom stereocenters. The van der Waals surface area contributed by atoms with E-state index in [1.165, 1.54) is 12.1 Å². The van der Waals surface area contributed by atoms with Crippen molar-refractivity contribution < 1.29 is 43.2 Å². The summed E-state index contributed by atoms with van der Waals surface area (Å²) in [4.78, 5) is 49.0. The van der Waals surface area contributed by atoms with Crippen LogP contribution in [0.25, 0.3) is 0 Å². The number of hydrogen-bond donors (Lipinski definition) is 2. The highest BCUT2D eigenvalue weighted by atomic mass is 16.7. The first-order valence-corrected chi connectivity index (χ1v) is 12.8. The van der Waals surface area contributed by atoms with E-state index in [2.05, 4.69) is 0 Å². The van der Waals surface area contributed by atoms with Gasteiger partial charge in [0.15, 0.2) is 11.5 Å². The summed E-state index contributed by atoms with van der Waals surface area (Å²) in [7, 11) is 0. The van der Waals surface area contributed by atoms with Crippen LogP contribution >= 0.6 is 0 Å². The lowest BCUT2D eigenvalue weighted by Crippen LogP contribution is -2.43. The maximum absolute atomic E-state index is 12.5. The fourth-order valence-electron chi connectivity index (χ4n) is 3.71. The SMILES string of the molecule is CC(C)CC(=O)Oc1ccc(C(C(C)C(C)OC(=O)OC(C)(C)C)[C@H](N)C(=O)O)cc1OC(=O)CC(C)C. The molecular weight excluding hydrogens is 494 g/mol. The molecule has 0 bridgehead atoms. The van der Waals surface area contributed by atoms with Gasteiger partial charge < -0.3 is 29.8 Å². The number of rotatable bonds is 12. The number of hydrogen-bond acceptors (Lipinski definition) is 9. The van der Waals surface area contributed by atoms with E-state index < -0.39 is 53.6 Å². The zero-order valence-electron chi connectivity index (χ0n) is 23.9. The van der Waals surface area contributed by atoms with Gasteiger partial charge in [-0.25, -0.2) is 4.79 Å². The second-order valence-electron chi connectivity index (χ2n) is 11.4. The summed E-state index contributed by atoms with van der Waals surface area (Å²) in [6.07, 6.45) is -1.39. The van der Waals surface area contributed by atoms with E-state index in [-0.39, 0.29) is 36.2 Å². The summed E-state index contributed by atoms with van der Waals surface area (Å²) in [6.45, 7) is 15.9. The molecule has 0 radical (unpaired) electrons. The van der Waals surface area contributed by atoms with Crippen molar-refractivity contribution in [3.8, 4) is 11.5 Å². The Morgan fingerprint density at radius 2 is 1.37 bits per heavy atom. The van der Waals surface area contributed by atoms with E-state index in [4.69, 9.17) is 24.7 Å². The Morgan fingerprint density at radius 3 is 1.82 bits per heavy atom. The quantitative estimate of drug-likeness (QED) is 0.273. The van der Waals surface area contributed by atoms with Crippen molar-refractivity contribution >= 4 is 24.1 Å². The van der Waals surface area contributed by atoms with E-state index in [1.807, 2.05) is 27.7 Å². The molecule has 38 heavy (non-hydrogen) atoms. The molecule has 0 aliphatic carbocycles. The third-order valence-corrected chi connectivity index (χ3v) is 5.60. The molecule has 0 saturated heterocycles. The number of esters is 2. The molecule has 10 nitrogen and oxygen atoms in total. The Kier molecular flexibility index (Phi) is 12.2. The zero-order chi connectivity index (χ0) is 29.4. The van der Waals surface area contributed by atoms with Gasteiger partial charge in [0.05, 0.1) is 0 Å². The second kappa shape index (κ2) is 14.1. The van der Waals surface area contributed by atoms with E-state index >= 15 is 0 Å². The summed E-state index contributed by atoms with van der Waals surface area (Å²) in [5, 5.41) is 9.74. The van der Waals surface area contributed by atoms with Crippen LogP contribution in [0.4, 0.5) is 4.79 Å². The van der Waals surface area contributed by atoms with Gasteiger partial charge in [0.1, 0.15) is 17.7 Å². The lowest BCUT2D eigenvalue weighted by molar-refractivity contribution is -0.140. The van der Waals surface area contributed by atoms with Crippen molar-refractivity contribution in [3.63, 3.8) is 0 Å². The third kappa shape index (κ3) is 11.1. The maximum Gasteiger partial charge on any atom is 0.509 e. The van der Waals surface area contributed by atoms with Crippen molar-refractivity contribution in [1.82, 2.24) is 0 Å². The van der Waals surface area contributed by atoms with E-state index in [0.717, 1.165) is 0 Å². The normalized spacial score (nSPS) is 14.8. The average Bonchev–Trinajstić information content (AvgIpc) is 2.72. The van der Waals surface area contributed by atoms with Gasteiger partial charge in [-0.2, -0.15) is 0 Å². The Labute approximate surface area is 225 Å². The molecule has 0 heterocycles. The minimum absolute atomic E-state index is 0.0247. The minimum atomic E-state index is -1.39. The molecule has 0 amide bonds. The number of nitrogens with two attached hydrogens (primary N) is 1. The predicted molar refractivity (Wildman–Crippen MR) is 141 cm³/mol. The molecule has 0 aromatic heterocycles. The van der Waals surface area contributed by atoms with Gasteiger partial charge >= 0.3 is 24.1 Å². The molecule has 0 aliphatic heterocycles. The molecule has 1 aromatic rings. The average molecular weight is 538 g/mol. The van der Waals surface area contributed by atoms with Gasteiger partial charge in [0.25, 0.3) is 0 Å². The van der Waals surface area contributed by atoms with Gasteiger partial charge in [-0.3, -0.25) is 14.4 Å². The number of aliphatic carboxylic acids is 1. The molecule has 1 aromatic carbocycles. The first kappa shape index (κ1) is 32.9. The van der Waals surface area contributed by atoms with Gasteiger partial charge in [-0.15, -0.1) is 0 Å². The van der Waals surface area contributed by atoms with Crippen LogP contribution < -0.4 is 15.2 Å². The predicted octanol–water partition coefficient (Wildman–Crippen LogP) is 5.06. The number of carboxylic acids is 1. The van der Waals surface area contributed by atoms with Crippen LogP contribution in [0.3, 0.4) is 0 Å². The van der Waals surface area contributed by atoms with Crippen LogP contribution in [0.15, 0.2) is 18.2 Å². The van der Waals surface area contributed by atoms with Gasteiger partial charge in [-0.1, -0.05) is 40.7 Å². The zero-order valence-corrected chi connectivity index (χ0v) is 23.9. The van der Waals surface area contributed by atoms with Crippen molar-refractivity contribution in [3.05, 3.63) is 23.8 Å². The second-order valence-corrected chi connectivity index (χ2v) is 11.4. The highest BCUT2D eigenvalue weighted by Crippen LogP contribution is 2.37. The van der Waals surface area contributed by atoms with E-state index in [0.29, 0.717) is 5.56 Å². The van der Waals surface area contributed by atoms with Crippen LogP contribution in [0.2, 0.25) is 0 Å². The molecule has 10 heteroatoms. The van der Waals surface area contributed by atoms with Crippen LogP contribution in [0, 0.1) is 17.8 Å². The first-order chi connectivity index (χ1) is 17.4. The van der Waals surface area contributed by atoms with Crippen molar-refractivity contribution in [2.75, 3.05) is 0 Å². The molecule has 3 unspecified atom stereocenters. The summed E-state index contributed by atoms with van der Waals surface area (Å²) in [5.74, 6) is -3.68. The lowest BCUT2D eigenvalue weighted by Gasteiger charge is -2.32. The van der Waals surface area contributed by atoms with E-state index in [1.54, 1.807) is 40.7 Å². The van der Waals surface area contributed by atoms with Crippen LogP contribution in [-0.4, -0.2) is 46.9 Å². The largest absolute Gasteiger partial charge is 0.509 e. The first-order valence-electron chi connectivity index (χ1n) is 12.8. The standard InChI is InChI=1S/C28H43NO9/c1-15(2)12-22(30)36-20-11-10-19(14-21(20)37-23(31)13-16(3)4)24(25(29)26(32)33)17(5)18(6)35-27(34)38-28(7,8)9/h10-11,14-18,24-25H,12-13,29H2,1-9H3,(H,32,33)/t17?,18?,24?,25-/m0/s1. The number of carbonyl (C=O) groups is 4. The summed E-state index contributed by atoms with van der Waals surface area (Å²) in [6, 6.07) is 3.06. The minimum Gasteiger partial charge on any atom is -0.480 e. The van der Waals surface area contributed by atoms with Gasteiger partial charge in [0.2, 0.25) is 0 Å². The molecule has 0 spiro atoms. The van der Waals surface area contributed by atoms with Crippen LogP contribution in [0.5, 0.6) is 11.5 Å². The highest BCUT2D eigenvalue weighted by molar-refractivity contribution is 5.77. The number of carbonyl (C=O) groups excluding carboxylic acids is 3. The topological polar surface area (TPSA) is 151 Å². The summed E-state index contributed by atoms with van der Waals surface area (Å²) < 4.78 is 21.6. The molecule has 214 valence electrons. The van der Waals surface area contributed by atoms with Crippen molar-refractivity contribution in [2.45, 2.75) is 98.8 Å².